The van der Waals surface area contributed by atoms with E-state index in [9.17, 15) is 14.4 Å². The molecule has 0 unspecified atom stereocenters. The van der Waals surface area contributed by atoms with Gasteiger partial charge in [0.25, 0.3) is 0 Å². The maximum absolute atomic E-state index is 12.5. The summed E-state index contributed by atoms with van der Waals surface area (Å²) >= 11 is 0. The van der Waals surface area contributed by atoms with Crippen molar-refractivity contribution in [2.45, 2.75) is 6.42 Å². The molecule has 0 radical (unpaired) electrons. The molecule has 3 aromatic carbocycles. The minimum absolute atomic E-state index is 0.163. The number of nitrogens with one attached hydrogen (secondary N) is 2. The number of anilines is 2. The number of nitriles is 1. The molecule has 3 rings (SSSR count). The van der Waals surface area contributed by atoms with Gasteiger partial charge >= 0.3 is 6.09 Å². The molecule has 0 bridgehead atoms. The van der Waals surface area contributed by atoms with Crippen LogP contribution in [-0.2, 0) is 4.79 Å². The third kappa shape index (κ3) is 5.49. The molecule has 8 nitrogen and oxygen atoms in total. The SMILES string of the molecule is COc1cccc(-c2ccc(NC(=O)O)c(NC(=O)CC(=O)c3cccc(C#N)c3)c2)c1. The third-order valence-corrected chi connectivity index (χ3v) is 4.57. The second-order valence-electron chi connectivity index (χ2n) is 6.76. The molecule has 0 spiro atoms. The number of Topliss-reactive ketones (excluding diaryl/α,β-unsaturated/α-hetero) is 1. The zero-order chi connectivity index (χ0) is 23.1. The number of carboxylic acid groups (broad SMARTS) is 1. The second kappa shape index (κ2) is 9.91. The van der Waals surface area contributed by atoms with E-state index in [1.54, 1.807) is 43.5 Å². The lowest BCUT2D eigenvalue weighted by Crippen LogP contribution is -2.18. The summed E-state index contributed by atoms with van der Waals surface area (Å²) in [5, 5.41) is 22.9. The minimum Gasteiger partial charge on any atom is -0.497 e. The van der Waals surface area contributed by atoms with Gasteiger partial charge < -0.3 is 15.2 Å². The quantitative estimate of drug-likeness (QED) is 0.374. The Bertz CT molecular complexity index is 1230. The number of ketones is 1. The Hall–Kier alpha value is -4.64. The number of methoxy groups -OCH3 is 1. The molecule has 8 heteroatoms. The average molecular weight is 429 g/mol. The van der Waals surface area contributed by atoms with Crippen LogP contribution in [-0.4, -0.2) is 30.0 Å². The second-order valence-corrected chi connectivity index (χ2v) is 6.76. The highest BCUT2D eigenvalue weighted by atomic mass is 16.5. The Labute approximate surface area is 184 Å². The predicted octanol–water partition coefficient (Wildman–Crippen LogP) is 4.54. The maximum atomic E-state index is 12.5. The molecule has 0 aliphatic rings. The van der Waals surface area contributed by atoms with Gasteiger partial charge in [0.2, 0.25) is 5.91 Å². The molecule has 0 saturated carbocycles. The highest BCUT2D eigenvalue weighted by Gasteiger charge is 2.16. The molecule has 3 aromatic rings. The molecule has 0 heterocycles. The van der Waals surface area contributed by atoms with Gasteiger partial charge in [-0.1, -0.05) is 30.3 Å². The number of carbonyl (C=O) groups is 3. The van der Waals surface area contributed by atoms with Crippen molar-refractivity contribution in [3.8, 4) is 22.9 Å². The number of hydrogen-bond acceptors (Lipinski definition) is 5. The van der Waals surface area contributed by atoms with Crippen molar-refractivity contribution >= 4 is 29.2 Å². The van der Waals surface area contributed by atoms with Gasteiger partial charge in [-0.15, -0.1) is 0 Å². The van der Waals surface area contributed by atoms with Crippen LogP contribution in [0.5, 0.6) is 5.75 Å². The molecule has 32 heavy (non-hydrogen) atoms. The zero-order valence-electron chi connectivity index (χ0n) is 17.1. The molecule has 160 valence electrons. The smallest absolute Gasteiger partial charge is 0.409 e. The number of rotatable bonds is 7. The van der Waals surface area contributed by atoms with E-state index in [0.717, 1.165) is 5.56 Å². The van der Waals surface area contributed by atoms with Crippen LogP contribution in [0.15, 0.2) is 66.7 Å². The van der Waals surface area contributed by atoms with E-state index in [1.807, 2.05) is 18.2 Å². The van der Waals surface area contributed by atoms with Crippen molar-refractivity contribution in [3.63, 3.8) is 0 Å². The molecule has 0 aliphatic heterocycles. The first-order valence-electron chi connectivity index (χ1n) is 9.51. The Morgan fingerprint density at radius 3 is 2.41 bits per heavy atom. The first-order valence-corrected chi connectivity index (χ1v) is 9.51. The molecule has 3 N–H and O–H groups in total. The third-order valence-electron chi connectivity index (χ3n) is 4.57. The fraction of sp³-hybridized carbons (Fsp3) is 0.0833. The van der Waals surface area contributed by atoms with Crippen LogP contribution < -0.4 is 15.4 Å². The van der Waals surface area contributed by atoms with Crippen LogP contribution >= 0.6 is 0 Å². The van der Waals surface area contributed by atoms with Gasteiger partial charge in [0.1, 0.15) is 5.75 Å². The lowest BCUT2D eigenvalue weighted by Gasteiger charge is -2.13. The number of nitrogens with zero attached hydrogens (tertiary/aromatic N) is 1. The Balaban J connectivity index is 1.85. The van der Waals surface area contributed by atoms with Gasteiger partial charge in [-0.05, 0) is 47.5 Å². The molecule has 0 aromatic heterocycles. The standard InChI is InChI=1S/C24H19N3O5/c1-32-19-7-3-5-16(11-19)17-8-9-20(27-24(30)31)21(12-17)26-23(29)13-22(28)18-6-2-4-15(10-18)14-25/h2-12,27H,13H2,1H3,(H,26,29)(H,30,31). The minimum atomic E-state index is -1.29. The normalized spacial score (nSPS) is 10.0. The van der Waals surface area contributed by atoms with E-state index in [4.69, 9.17) is 15.1 Å². The van der Waals surface area contributed by atoms with E-state index in [1.165, 1.54) is 18.2 Å². The van der Waals surface area contributed by atoms with E-state index in [0.29, 0.717) is 16.9 Å². The first kappa shape index (κ1) is 22.1. The van der Waals surface area contributed by atoms with Crippen molar-refractivity contribution < 1.29 is 24.2 Å². The van der Waals surface area contributed by atoms with Gasteiger partial charge in [-0.3, -0.25) is 14.9 Å². The number of carbonyl (C=O) groups excluding carboxylic acids is 2. The van der Waals surface area contributed by atoms with Crippen LogP contribution in [0, 0.1) is 11.3 Å². The van der Waals surface area contributed by atoms with Gasteiger partial charge in [0.05, 0.1) is 36.5 Å². The van der Waals surface area contributed by atoms with Crippen molar-refractivity contribution in [2.75, 3.05) is 17.7 Å². The van der Waals surface area contributed by atoms with Crippen LogP contribution in [0.3, 0.4) is 0 Å². The monoisotopic (exact) mass is 429 g/mol. The highest BCUT2D eigenvalue weighted by Crippen LogP contribution is 2.31. The van der Waals surface area contributed by atoms with Gasteiger partial charge in [-0.2, -0.15) is 5.26 Å². The lowest BCUT2D eigenvalue weighted by molar-refractivity contribution is -0.115. The zero-order valence-corrected chi connectivity index (χ0v) is 17.1. The number of benzene rings is 3. The summed E-state index contributed by atoms with van der Waals surface area (Å²) in [6.45, 7) is 0. The largest absolute Gasteiger partial charge is 0.497 e. The summed E-state index contributed by atoms with van der Waals surface area (Å²) in [4.78, 5) is 36.1. The van der Waals surface area contributed by atoms with E-state index >= 15 is 0 Å². The molecule has 0 aliphatic carbocycles. The molecule has 0 atom stereocenters. The summed E-state index contributed by atoms with van der Waals surface area (Å²) < 4.78 is 5.23. The molecular formula is C24H19N3O5. The van der Waals surface area contributed by atoms with Gasteiger partial charge in [0, 0.05) is 5.56 Å². The number of hydrogen-bond donors (Lipinski definition) is 3. The van der Waals surface area contributed by atoms with Crippen LogP contribution in [0.25, 0.3) is 11.1 Å². The molecule has 2 amide bonds. The average Bonchev–Trinajstić information content (AvgIpc) is 2.79. The number of ether oxygens (including phenoxy) is 1. The lowest BCUT2D eigenvalue weighted by atomic mass is 10.0. The van der Waals surface area contributed by atoms with Crippen molar-refractivity contribution in [1.82, 2.24) is 0 Å². The van der Waals surface area contributed by atoms with E-state index in [-0.39, 0.29) is 16.9 Å². The summed E-state index contributed by atoms with van der Waals surface area (Å²) in [5.41, 5.74) is 2.44. The first-order chi connectivity index (χ1) is 15.4. The summed E-state index contributed by atoms with van der Waals surface area (Å²) in [6.07, 6.45) is -1.76. The van der Waals surface area contributed by atoms with Crippen LogP contribution in [0.2, 0.25) is 0 Å². The van der Waals surface area contributed by atoms with Crippen molar-refractivity contribution in [1.29, 1.82) is 5.26 Å². The molecule has 0 saturated heterocycles. The summed E-state index contributed by atoms with van der Waals surface area (Å²) in [5.74, 6) is -0.434. The van der Waals surface area contributed by atoms with E-state index in [2.05, 4.69) is 10.6 Å². The maximum Gasteiger partial charge on any atom is 0.409 e. The predicted molar refractivity (Wildman–Crippen MR) is 119 cm³/mol. The summed E-state index contributed by atoms with van der Waals surface area (Å²) in [7, 11) is 1.55. The fourth-order valence-corrected chi connectivity index (χ4v) is 3.06. The highest BCUT2D eigenvalue weighted by molar-refractivity contribution is 6.12. The van der Waals surface area contributed by atoms with E-state index < -0.39 is 24.2 Å². The molecule has 0 fully saturated rings. The Kier molecular flexibility index (Phi) is 6.83. The van der Waals surface area contributed by atoms with Gasteiger partial charge in [0.15, 0.2) is 5.78 Å². The Morgan fingerprint density at radius 1 is 0.938 bits per heavy atom. The number of amides is 2. The van der Waals surface area contributed by atoms with Crippen molar-refractivity contribution in [2.24, 2.45) is 0 Å². The van der Waals surface area contributed by atoms with Crippen molar-refractivity contribution in [3.05, 3.63) is 77.9 Å². The van der Waals surface area contributed by atoms with Crippen LogP contribution in [0.4, 0.5) is 16.2 Å². The summed E-state index contributed by atoms with van der Waals surface area (Å²) in [6, 6.07) is 20.1. The van der Waals surface area contributed by atoms with Crippen LogP contribution in [0.1, 0.15) is 22.3 Å². The molecular weight excluding hydrogens is 410 g/mol. The van der Waals surface area contributed by atoms with Gasteiger partial charge in [-0.25, -0.2) is 4.79 Å². The Morgan fingerprint density at radius 2 is 1.69 bits per heavy atom. The fourth-order valence-electron chi connectivity index (χ4n) is 3.06. The topological polar surface area (TPSA) is 129 Å².